The maximum Gasteiger partial charge on any atom is 0.259 e. The first kappa shape index (κ1) is 15.1. The van der Waals surface area contributed by atoms with Crippen molar-refractivity contribution in [1.29, 1.82) is 0 Å². The molecule has 0 amide bonds. The van der Waals surface area contributed by atoms with Crippen LogP contribution in [0.3, 0.4) is 0 Å². The summed E-state index contributed by atoms with van der Waals surface area (Å²) in [7, 11) is 0. The van der Waals surface area contributed by atoms with E-state index >= 15 is 0 Å². The zero-order valence-electron chi connectivity index (χ0n) is 14.1. The number of H-pyrrole nitrogens is 1. The molecule has 2 atom stereocenters. The highest BCUT2D eigenvalue weighted by molar-refractivity contribution is 7.18. The van der Waals surface area contributed by atoms with E-state index in [1.807, 2.05) is 0 Å². The Labute approximate surface area is 146 Å². The summed E-state index contributed by atoms with van der Waals surface area (Å²) in [6.07, 6.45) is 10.3. The molecule has 1 saturated heterocycles. The molecule has 24 heavy (non-hydrogen) atoms. The number of aryl methyl sites for hydroxylation is 2. The fraction of sp³-hybridized carbons (Fsp3) is 0.684. The molecule has 128 valence electrons. The van der Waals surface area contributed by atoms with Gasteiger partial charge >= 0.3 is 0 Å². The van der Waals surface area contributed by atoms with Gasteiger partial charge in [-0.15, -0.1) is 11.3 Å². The van der Waals surface area contributed by atoms with Crippen LogP contribution in [0.5, 0.6) is 0 Å². The number of thiophene rings is 1. The van der Waals surface area contributed by atoms with Crippen molar-refractivity contribution < 1.29 is 0 Å². The molecule has 0 spiro atoms. The molecule has 0 bridgehead atoms. The van der Waals surface area contributed by atoms with Crippen molar-refractivity contribution in [2.45, 2.75) is 57.9 Å². The summed E-state index contributed by atoms with van der Waals surface area (Å²) in [6, 6.07) is 0. The van der Waals surface area contributed by atoms with Gasteiger partial charge < -0.3 is 4.98 Å². The Kier molecular flexibility index (Phi) is 3.74. The second kappa shape index (κ2) is 5.95. The van der Waals surface area contributed by atoms with Crippen molar-refractivity contribution in [3.05, 3.63) is 26.6 Å². The predicted molar refractivity (Wildman–Crippen MR) is 97.6 cm³/mol. The van der Waals surface area contributed by atoms with E-state index in [2.05, 4.69) is 9.88 Å². The number of nitrogens with zero attached hydrogens (tertiary/aromatic N) is 2. The van der Waals surface area contributed by atoms with Crippen molar-refractivity contribution in [1.82, 2.24) is 14.9 Å². The molecule has 3 heterocycles. The molecule has 0 aromatic carbocycles. The van der Waals surface area contributed by atoms with Gasteiger partial charge in [0.05, 0.1) is 11.9 Å². The molecular formula is C19H25N3OS. The molecule has 2 aromatic rings. The molecule has 1 saturated carbocycles. The highest BCUT2D eigenvalue weighted by Gasteiger charge is 2.31. The normalized spacial score (nSPS) is 27.3. The second-order valence-electron chi connectivity index (χ2n) is 7.88. The maximum absolute atomic E-state index is 12.6. The SMILES string of the molecule is O=c1[nH]c(CN2CC[C@@H]3CCCC[C@@H]3C2)nc2sc3c(c12)CCC3. The summed E-state index contributed by atoms with van der Waals surface area (Å²) in [6.45, 7) is 3.15. The lowest BCUT2D eigenvalue weighted by atomic mass is 9.75. The summed E-state index contributed by atoms with van der Waals surface area (Å²) >= 11 is 1.75. The molecule has 0 unspecified atom stereocenters. The number of likely N-dealkylation sites (tertiary alicyclic amines) is 1. The van der Waals surface area contributed by atoms with E-state index in [0.717, 1.165) is 53.8 Å². The fourth-order valence-corrected chi connectivity index (χ4v) is 6.43. The van der Waals surface area contributed by atoms with E-state index < -0.39 is 0 Å². The Morgan fingerprint density at radius 2 is 2.00 bits per heavy atom. The highest BCUT2D eigenvalue weighted by Crippen LogP contribution is 2.37. The lowest BCUT2D eigenvalue weighted by molar-refractivity contribution is 0.0803. The van der Waals surface area contributed by atoms with Crippen LogP contribution in [0.4, 0.5) is 0 Å². The smallest absolute Gasteiger partial charge is 0.259 e. The van der Waals surface area contributed by atoms with E-state index in [9.17, 15) is 4.79 Å². The van der Waals surface area contributed by atoms with E-state index in [1.54, 1.807) is 11.3 Å². The highest BCUT2D eigenvalue weighted by atomic mass is 32.1. The molecule has 4 nitrogen and oxygen atoms in total. The van der Waals surface area contributed by atoms with Gasteiger partial charge in [-0.2, -0.15) is 0 Å². The number of hydrogen-bond donors (Lipinski definition) is 1. The summed E-state index contributed by atoms with van der Waals surface area (Å²) in [5.41, 5.74) is 1.36. The zero-order valence-corrected chi connectivity index (χ0v) is 15.0. The monoisotopic (exact) mass is 343 g/mol. The van der Waals surface area contributed by atoms with Crippen LogP contribution in [0, 0.1) is 11.8 Å². The molecule has 1 aliphatic heterocycles. The van der Waals surface area contributed by atoms with E-state index in [-0.39, 0.29) is 5.56 Å². The number of aromatic nitrogens is 2. The van der Waals surface area contributed by atoms with Gasteiger partial charge in [0, 0.05) is 11.4 Å². The molecule has 2 fully saturated rings. The summed E-state index contributed by atoms with van der Waals surface area (Å²) < 4.78 is 0. The average Bonchev–Trinajstić information content (AvgIpc) is 3.15. The van der Waals surface area contributed by atoms with Gasteiger partial charge in [0.15, 0.2) is 0 Å². The lowest BCUT2D eigenvalue weighted by Gasteiger charge is -2.41. The fourth-order valence-electron chi connectivity index (χ4n) is 5.15. The van der Waals surface area contributed by atoms with Gasteiger partial charge in [-0.25, -0.2) is 4.98 Å². The molecule has 0 radical (unpaired) electrons. The van der Waals surface area contributed by atoms with Crippen molar-refractivity contribution in [2.24, 2.45) is 11.8 Å². The number of nitrogens with one attached hydrogen (secondary N) is 1. The second-order valence-corrected chi connectivity index (χ2v) is 8.96. The third kappa shape index (κ3) is 2.53. The minimum absolute atomic E-state index is 0.0851. The molecule has 5 heteroatoms. The summed E-state index contributed by atoms with van der Waals surface area (Å²) in [5, 5.41) is 0.877. The van der Waals surface area contributed by atoms with Crippen LogP contribution in [-0.2, 0) is 19.4 Å². The average molecular weight is 343 g/mol. The van der Waals surface area contributed by atoms with Gasteiger partial charge in [-0.05, 0) is 56.0 Å². The van der Waals surface area contributed by atoms with Gasteiger partial charge in [-0.1, -0.05) is 19.3 Å². The van der Waals surface area contributed by atoms with E-state index in [4.69, 9.17) is 4.98 Å². The lowest BCUT2D eigenvalue weighted by Crippen LogP contribution is -2.41. The van der Waals surface area contributed by atoms with Crippen molar-refractivity contribution >= 4 is 21.6 Å². The number of aromatic amines is 1. The molecule has 5 rings (SSSR count). The van der Waals surface area contributed by atoms with Crippen LogP contribution in [-0.4, -0.2) is 28.0 Å². The molecule has 2 aliphatic carbocycles. The molecule has 2 aromatic heterocycles. The van der Waals surface area contributed by atoms with Crippen LogP contribution < -0.4 is 5.56 Å². The standard InChI is InChI=1S/C19H25N3OS/c23-18-17-14-6-3-7-15(14)24-19(17)21-16(20-18)11-22-9-8-12-4-1-2-5-13(12)10-22/h12-13H,1-11H2,(H,20,21,23)/t12-,13+/m0/s1. The first-order valence-corrected chi connectivity index (χ1v) is 10.4. The van der Waals surface area contributed by atoms with Crippen molar-refractivity contribution in [3.8, 4) is 0 Å². The molecular weight excluding hydrogens is 318 g/mol. The minimum Gasteiger partial charge on any atom is -0.309 e. The zero-order chi connectivity index (χ0) is 16.1. The first-order chi connectivity index (χ1) is 11.8. The number of piperidine rings is 1. The summed E-state index contributed by atoms with van der Waals surface area (Å²) in [4.78, 5) is 25.4. The number of fused-ring (bicyclic) bond motifs is 4. The first-order valence-electron chi connectivity index (χ1n) is 9.54. The quantitative estimate of drug-likeness (QED) is 0.908. The Balaban J connectivity index is 1.38. The van der Waals surface area contributed by atoms with Crippen molar-refractivity contribution in [3.63, 3.8) is 0 Å². The van der Waals surface area contributed by atoms with Crippen LogP contribution in [0.25, 0.3) is 10.2 Å². The third-order valence-electron chi connectivity index (χ3n) is 6.37. The largest absolute Gasteiger partial charge is 0.309 e. The third-order valence-corrected chi connectivity index (χ3v) is 7.56. The van der Waals surface area contributed by atoms with Crippen molar-refractivity contribution in [2.75, 3.05) is 13.1 Å². The molecule has 1 N–H and O–H groups in total. The summed E-state index contributed by atoms with van der Waals surface area (Å²) in [5.74, 6) is 2.68. The van der Waals surface area contributed by atoms with Gasteiger partial charge in [0.2, 0.25) is 0 Å². The van der Waals surface area contributed by atoms with Gasteiger partial charge in [0.25, 0.3) is 5.56 Å². The van der Waals surface area contributed by atoms with Crippen LogP contribution in [0.2, 0.25) is 0 Å². The van der Waals surface area contributed by atoms with Crippen LogP contribution >= 0.6 is 11.3 Å². The van der Waals surface area contributed by atoms with E-state index in [0.29, 0.717) is 0 Å². The van der Waals surface area contributed by atoms with Gasteiger partial charge in [-0.3, -0.25) is 9.69 Å². The number of hydrogen-bond acceptors (Lipinski definition) is 4. The Bertz CT molecular complexity index is 824. The van der Waals surface area contributed by atoms with E-state index in [1.165, 1.54) is 55.5 Å². The van der Waals surface area contributed by atoms with Crippen LogP contribution in [0.15, 0.2) is 4.79 Å². The Morgan fingerprint density at radius 3 is 2.92 bits per heavy atom. The Hall–Kier alpha value is -1.20. The Morgan fingerprint density at radius 1 is 1.12 bits per heavy atom. The topological polar surface area (TPSA) is 49.0 Å². The molecule has 3 aliphatic rings. The van der Waals surface area contributed by atoms with Gasteiger partial charge in [0.1, 0.15) is 10.7 Å². The maximum atomic E-state index is 12.6. The number of rotatable bonds is 2. The van der Waals surface area contributed by atoms with Crippen LogP contribution in [0.1, 0.15) is 54.8 Å². The minimum atomic E-state index is 0.0851. The predicted octanol–water partition coefficient (Wildman–Crippen LogP) is 3.49.